The second-order valence-electron chi connectivity index (χ2n) is 6.63. The van der Waals surface area contributed by atoms with Crippen molar-refractivity contribution in [2.24, 2.45) is 0 Å². The average Bonchev–Trinajstić information content (AvgIpc) is 3.13. The third kappa shape index (κ3) is 3.33. The Hall–Kier alpha value is -2.72. The second kappa shape index (κ2) is 7.67. The molecule has 4 heteroatoms. The molecule has 1 aliphatic carbocycles. The Bertz CT molecular complexity index is 902. The number of benzene rings is 1. The highest BCUT2D eigenvalue weighted by molar-refractivity contribution is 5.84. The zero-order valence-corrected chi connectivity index (χ0v) is 15.0. The van der Waals surface area contributed by atoms with Crippen LogP contribution in [0.25, 0.3) is 10.9 Å². The zero-order chi connectivity index (χ0) is 17.8. The topological polar surface area (TPSA) is 46.3 Å². The van der Waals surface area contributed by atoms with Crippen LogP contribution in [0.1, 0.15) is 30.7 Å². The van der Waals surface area contributed by atoms with Gasteiger partial charge in [0.1, 0.15) is 18.3 Å². The van der Waals surface area contributed by atoms with Crippen LogP contribution in [0.15, 0.2) is 78.3 Å². The number of H-pyrrole nitrogens is 1. The fourth-order valence-corrected chi connectivity index (χ4v) is 3.56. The van der Waals surface area contributed by atoms with Crippen LogP contribution in [0.4, 0.5) is 0 Å². The van der Waals surface area contributed by atoms with Crippen LogP contribution >= 0.6 is 0 Å². The first kappa shape index (κ1) is 16.7. The molecule has 1 aliphatic heterocycles. The van der Waals surface area contributed by atoms with Crippen molar-refractivity contribution in [2.45, 2.75) is 25.2 Å². The van der Waals surface area contributed by atoms with Gasteiger partial charge in [0.15, 0.2) is 5.76 Å². The molecule has 4 nitrogen and oxygen atoms in total. The van der Waals surface area contributed by atoms with Gasteiger partial charge in [-0.2, -0.15) is 0 Å². The van der Waals surface area contributed by atoms with Crippen LogP contribution in [-0.2, 0) is 9.47 Å². The summed E-state index contributed by atoms with van der Waals surface area (Å²) in [4.78, 5) is 3.38. The summed E-state index contributed by atoms with van der Waals surface area (Å²) in [6, 6.07) is 8.38. The molecule has 2 aliphatic rings. The SMILES string of the molecule is CNCCC(C1=COC=C(C2=CC=CCC2)O1)c1c[nH]c2ccccc12. The maximum atomic E-state index is 6.31. The lowest BCUT2D eigenvalue weighted by atomic mass is 9.93. The average molecular weight is 348 g/mol. The third-order valence-corrected chi connectivity index (χ3v) is 4.94. The number of para-hydroxylation sites is 1. The van der Waals surface area contributed by atoms with Crippen LogP contribution in [0, 0.1) is 0 Å². The van der Waals surface area contributed by atoms with E-state index in [0.29, 0.717) is 0 Å². The first-order chi connectivity index (χ1) is 12.9. The molecule has 0 fully saturated rings. The summed E-state index contributed by atoms with van der Waals surface area (Å²) < 4.78 is 12.0. The van der Waals surface area contributed by atoms with Crippen molar-refractivity contribution < 1.29 is 9.47 Å². The fourth-order valence-electron chi connectivity index (χ4n) is 3.56. The zero-order valence-electron chi connectivity index (χ0n) is 15.0. The lowest BCUT2D eigenvalue weighted by molar-refractivity contribution is 0.207. The van der Waals surface area contributed by atoms with Gasteiger partial charge < -0.3 is 19.8 Å². The first-order valence-electron chi connectivity index (χ1n) is 9.17. The molecule has 2 heterocycles. The molecular formula is C22H24N2O2. The van der Waals surface area contributed by atoms with E-state index < -0.39 is 0 Å². The highest BCUT2D eigenvalue weighted by Gasteiger charge is 2.25. The molecule has 2 N–H and O–H groups in total. The summed E-state index contributed by atoms with van der Waals surface area (Å²) in [6.07, 6.45) is 14.9. The number of ether oxygens (including phenoxy) is 2. The Labute approximate surface area is 153 Å². The number of rotatable bonds is 6. The molecule has 1 aromatic carbocycles. The minimum absolute atomic E-state index is 0.127. The molecular weight excluding hydrogens is 324 g/mol. The Morgan fingerprint density at radius 1 is 1.23 bits per heavy atom. The molecule has 26 heavy (non-hydrogen) atoms. The molecule has 0 spiro atoms. The molecule has 0 amide bonds. The van der Waals surface area contributed by atoms with Gasteiger partial charge in [-0.15, -0.1) is 0 Å². The highest BCUT2D eigenvalue weighted by Crippen LogP contribution is 2.37. The molecule has 0 saturated heterocycles. The third-order valence-electron chi connectivity index (χ3n) is 4.94. The fraction of sp³-hybridized carbons (Fsp3) is 0.273. The molecule has 1 aromatic heterocycles. The lowest BCUT2D eigenvalue weighted by Crippen LogP contribution is -2.16. The number of aromatic nitrogens is 1. The van der Waals surface area contributed by atoms with E-state index in [1.54, 1.807) is 12.5 Å². The van der Waals surface area contributed by atoms with Gasteiger partial charge >= 0.3 is 0 Å². The number of aromatic amines is 1. The number of hydrogen-bond donors (Lipinski definition) is 2. The largest absolute Gasteiger partial charge is 0.465 e. The van der Waals surface area contributed by atoms with Crippen molar-refractivity contribution in [3.8, 4) is 0 Å². The van der Waals surface area contributed by atoms with E-state index in [1.165, 1.54) is 16.5 Å². The predicted molar refractivity (Wildman–Crippen MR) is 104 cm³/mol. The van der Waals surface area contributed by atoms with Crippen LogP contribution < -0.4 is 5.32 Å². The van der Waals surface area contributed by atoms with Gasteiger partial charge in [0.25, 0.3) is 0 Å². The lowest BCUT2D eigenvalue weighted by Gasteiger charge is -2.25. The van der Waals surface area contributed by atoms with Crippen LogP contribution in [-0.4, -0.2) is 18.6 Å². The van der Waals surface area contributed by atoms with Crippen molar-refractivity contribution in [2.75, 3.05) is 13.6 Å². The Balaban J connectivity index is 1.63. The molecule has 1 atom stereocenters. The van der Waals surface area contributed by atoms with Gasteiger partial charge in [-0.3, -0.25) is 0 Å². The molecule has 2 aromatic rings. The molecule has 0 saturated carbocycles. The Morgan fingerprint density at radius 2 is 2.15 bits per heavy atom. The Kier molecular flexibility index (Phi) is 4.93. The summed E-state index contributed by atoms with van der Waals surface area (Å²) in [5.74, 6) is 1.81. The first-order valence-corrected chi connectivity index (χ1v) is 9.17. The van der Waals surface area contributed by atoms with Crippen molar-refractivity contribution in [1.29, 1.82) is 0 Å². The van der Waals surface area contributed by atoms with Crippen LogP contribution in [0.3, 0.4) is 0 Å². The smallest absolute Gasteiger partial charge is 0.165 e. The number of nitrogens with one attached hydrogen (secondary N) is 2. The quantitative estimate of drug-likeness (QED) is 0.783. The highest BCUT2D eigenvalue weighted by atomic mass is 16.5. The van der Waals surface area contributed by atoms with Gasteiger partial charge in [-0.25, -0.2) is 0 Å². The van der Waals surface area contributed by atoms with E-state index in [9.17, 15) is 0 Å². The summed E-state index contributed by atoms with van der Waals surface area (Å²) in [6.45, 7) is 0.898. The minimum Gasteiger partial charge on any atom is -0.465 e. The summed E-state index contributed by atoms with van der Waals surface area (Å²) >= 11 is 0. The van der Waals surface area contributed by atoms with E-state index in [-0.39, 0.29) is 5.92 Å². The van der Waals surface area contributed by atoms with Gasteiger partial charge in [0.05, 0.1) is 0 Å². The normalized spacial score (nSPS) is 17.8. The molecule has 4 rings (SSSR count). The molecule has 0 radical (unpaired) electrons. The number of fused-ring (bicyclic) bond motifs is 1. The monoisotopic (exact) mass is 348 g/mol. The van der Waals surface area contributed by atoms with Gasteiger partial charge in [-0.05, 0) is 50.1 Å². The maximum Gasteiger partial charge on any atom is 0.165 e. The Morgan fingerprint density at radius 3 is 3.00 bits per heavy atom. The standard InChI is InChI=1S/C22H24N2O2/c1-23-12-11-18(19-13-24-20-10-6-5-9-17(19)20)22-15-25-14-21(26-22)16-7-3-2-4-8-16/h2-3,5-7,9-10,13-15,18,23-24H,4,8,11-12H2,1H3. The number of hydrogen-bond acceptors (Lipinski definition) is 3. The van der Waals surface area contributed by atoms with Gasteiger partial charge in [0, 0.05) is 23.0 Å². The van der Waals surface area contributed by atoms with Gasteiger partial charge in [0.2, 0.25) is 0 Å². The maximum absolute atomic E-state index is 6.31. The van der Waals surface area contributed by atoms with E-state index >= 15 is 0 Å². The van der Waals surface area contributed by atoms with Gasteiger partial charge in [-0.1, -0.05) is 36.4 Å². The van der Waals surface area contributed by atoms with Crippen LogP contribution in [0.5, 0.6) is 0 Å². The number of allylic oxidation sites excluding steroid dienone is 5. The van der Waals surface area contributed by atoms with Crippen molar-refractivity contribution >= 4 is 10.9 Å². The molecule has 1 unspecified atom stereocenters. The van der Waals surface area contributed by atoms with E-state index in [2.05, 4.69) is 59.0 Å². The minimum atomic E-state index is 0.127. The van der Waals surface area contributed by atoms with Crippen molar-refractivity contribution in [3.05, 3.63) is 83.9 Å². The molecule has 134 valence electrons. The summed E-state index contributed by atoms with van der Waals surface area (Å²) in [7, 11) is 1.98. The van der Waals surface area contributed by atoms with Crippen molar-refractivity contribution in [1.82, 2.24) is 10.3 Å². The predicted octanol–water partition coefficient (Wildman–Crippen LogP) is 4.87. The second-order valence-corrected chi connectivity index (χ2v) is 6.63. The van der Waals surface area contributed by atoms with E-state index in [0.717, 1.165) is 42.8 Å². The summed E-state index contributed by atoms with van der Waals surface area (Å²) in [5.41, 5.74) is 3.57. The molecule has 0 bridgehead atoms. The van der Waals surface area contributed by atoms with E-state index in [1.807, 2.05) is 7.05 Å². The summed E-state index contributed by atoms with van der Waals surface area (Å²) in [5, 5.41) is 4.48. The van der Waals surface area contributed by atoms with Crippen LogP contribution in [0.2, 0.25) is 0 Å². The van der Waals surface area contributed by atoms with Crippen molar-refractivity contribution in [3.63, 3.8) is 0 Å². The van der Waals surface area contributed by atoms with E-state index in [4.69, 9.17) is 9.47 Å².